The molecule has 0 amide bonds. The highest BCUT2D eigenvalue weighted by atomic mass is 127. The zero-order valence-corrected chi connectivity index (χ0v) is 20.3. The maximum atomic E-state index is 6.25. The number of ether oxygens (including phenoxy) is 1. The Hall–Kier alpha value is -1.66. The molecule has 1 aromatic heterocycles. The number of fused-ring (bicyclic) bond motifs is 3. The molecular formula is C24H28ClIN2O. The molecule has 29 heavy (non-hydrogen) atoms. The van der Waals surface area contributed by atoms with Gasteiger partial charge >= 0.3 is 0 Å². The Bertz CT molecular complexity index is 1030. The lowest BCUT2D eigenvalue weighted by Gasteiger charge is -2.32. The van der Waals surface area contributed by atoms with Gasteiger partial charge in [0.25, 0.3) is 0 Å². The molecule has 0 spiro atoms. The topological polar surface area (TPSA) is 17.4 Å². The Labute approximate surface area is 195 Å². The van der Waals surface area contributed by atoms with Crippen LogP contribution in [-0.4, -0.2) is 23.1 Å². The van der Waals surface area contributed by atoms with Gasteiger partial charge in [0.05, 0.1) is 18.7 Å². The first-order valence-corrected chi connectivity index (χ1v) is 10.4. The summed E-state index contributed by atoms with van der Waals surface area (Å²) < 4.78 is 7.95. The van der Waals surface area contributed by atoms with Crippen LogP contribution in [0.1, 0.15) is 49.6 Å². The lowest BCUT2D eigenvalue weighted by molar-refractivity contribution is 0.281. The van der Waals surface area contributed by atoms with Crippen molar-refractivity contribution >= 4 is 52.6 Å². The minimum atomic E-state index is 0. The third-order valence-corrected chi connectivity index (χ3v) is 5.91. The van der Waals surface area contributed by atoms with E-state index in [2.05, 4.69) is 59.9 Å². The first-order chi connectivity index (χ1) is 13.6. The van der Waals surface area contributed by atoms with Crippen molar-refractivity contribution in [3.8, 4) is 5.75 Å². The van der Waals surface area contributed by atoms with E-state index < -0.39 is 0 Å². The van der Waals surface area contributed by atoms with E-state index in [0.717, 1.165) is 23.9 Å². The smallest absolute Gasteiger partial charge is 0.120 e. The lowest BCUT2D eigenvalue weighted by atomic mass is 10.0. The second-order valence-electron chi connectivity index (χ2n) is 7.48. The highest BCUT2D eigenvalue weighted by molar-refractivity contribution is 14.0. The summed E-state index contributed by atoms with van der Waals surface area (Å²) in [5.41, 5.74) is 5.09. The zero-order chi connectivity index (χ0) is 19.7. The van der Waals surface area contributed by atoms with Crippen LogP contribution in [0.25, 0.3) is 17.0 Å². The molecule has 1 atom stereocenters. The molecule has 5 heteroatoms. The van der Waals surface area contributed by atoms with Gasteiger partial charge in [-0.3, -0.25) is 0 Å². The summed E-state index contributed by atoms with van der Waals surface area (Å²) in [5.74, 6) is 0.883. The number of aromatic nitrogens is 1. The van der Waals surface area contributed by atoms with Crippen LogP contribution in [0.4, 0.5) is 0 Å². The fraction of sp³-hybridized carbons (Fsp3) is 0.333. The van der Waals surface area contributed by atoms with Crippen molar-refractivity contribution in [3.63, 3.8) is 0 Å². The summed E-state index contributed by atoms with van der Waals surface area (Å²) in [6.07, 6.45) is 6.93. The van der Waals surface area contributed by atoms with Crippen molar-refractivity contribution in [1.82, 2.24) is 9.47 Å². The van der Waals surface area contributed by atoms with Gasteiger partial charge in [-0.1, -0.05) is 37.1 Å². The van der Waals surface area contributed by atoms with Crippen molar-refractivity contribution in [3.05, 3.63) is 70.5 Å². The Morgan fingerprint density at radius 1 is 1.14 bits per heavy atom. The molecule has 0 N–H and O–H groups in total. The number of unbranched alkanes of at least 4 members (excludes halogenated alkanes) is 1. The maximum Gasteiger partial charge on any atom is 0.120 e. The normalized spacial score (nSPS) is 15.3. The number of benzene rings is 2. The molecule has 1 unspecified atom stereocenters. The second-order valence-corrected chi connectivity index (χ2v) is 7.92. The van der Waals surface area contributed by atoms with Gasteiger partial charge in [-0.25, -0.2) is 0 Å². The molecule has 3 nitrogen and oxygen atoms in total. The van der Waals surface area contributed by atoms with Gasteiger partial charge in [0.1, 0.15) is 5.75 Å². The minimum Gasteiger partial charge on any atom is -0.497 e. The Morgan fingerprint density at radius 3 is 2.69 bits per heavy atom. The predicted molar refractivity (Wildman–Crippen MR) is 134 cm³/mol. The predicted octanol–water partition coefficient (Wildman–Crippen LogP) is 7.12. The summed E-state index contributed by atoms with van der Waals surface area (Å²) in [7, 11) is 1.72. The molecule has 1 aliphatic heterocycles. The first kappa shape index (κ1) is 22.0. The molecule has 0 fully saturated rings. The van der Waals surface area contributed by atoms with E-state index in [1.807, 2.05) is 18.2 Å². The van der Waals surface area contributed by atoms with Crippen LogP contribution in [0.5, 0.6) is 5.75 Å². The number of methoxy groups -OCH3 is 1. The standard InChI is InChI=1S/C24H27ClN2O.HI/c1-4-5-12-26-13-11-22-21-10-9-20(28-3)15-23(21)27(24(22)17(26)2)16-18-7-6-8-19(25)14-18;/h6-11,13-15,17H,4-5,12,16H2,1-3H3;1H. The minimum absolute atomic E-state index is 0. The van der Waals surface area contributed by atoms with Crippen molar-refractivity contribution in [2.45, 2.75) is 39.3 Å². The molecule has 154 valence electrons. The first-order valence-electron chi connectivity index (χ1n) is 10.0. The fourth-order valence-electron chi connectivity index (χ4n) is 4.18. The van der Waals surface area contributed by atoms with Crippen molar-refractivity contribution in [2.24, 2.45) is 0 Å². The van der Waals surface area contributed by atoms with Gasteiger partial charge in [-0.15, -0.1) is 24.0 Å². The number of nitrogens with zero attached hydrogens (tertiary/aromatic N) is 2. The van der Waals surface area contributed by atoms with E-state index in [1.165, 1.54) is 40.6 Å². The van der Waals surface area contributed by atoms with E-state index in [-0.39, 0.29) is 24.0 Å². The largest absolute Gasteiger partial charge is 0.497 e. The van der Waals surface area contributed by atoms with Gasteiger partial charge < -0.3 is 14.2 Å². The number of hydrogen-bond donors (Lipinski definition) is 0. The molecule has 0 radical (unpaired) electrons. The molecule has 3 aromatic rings. The van der Waals surface area contributed by atoms with Crippen LogP contribution >= 0.6 is 35.6 Å². The van der Waals surface area contributed by atoms with Crippen LogP contribution in [-0.2, 0) is 6.54 Å². The molecular weight excluding hydrogens is 495 g/mol. The molecule has 1 aliphatic rings. The average Bonchev–Trinajstić information content (AvgIpc) is 3.01. The molecule has 0 bridgehead atoms. The highest BCUT2D eigenvalue weighted by Gasteiger charge is 2.26. The molecule has 4 rings (SSSR count). The van der Waals surface area contributed by atoms with Crippen LogP contribution in [0.3, 0.4) is 0 Å². The van der Waals surface area contributed by atoms with Crippen molar-refractivity contribution in [1.29, 1.82) is 0 Å². The third-order valence-electron chi connectivity index (χ3n) is 5.68. The lowest BCUT2D eigenvalue weighted by Crippen LogP contribution is -2.27. The zero-order valence-electron chi connectivity index (χ0n) is 17.2. The third kappa shape index (κ3) is 4.29. The Morgan fingerprint density at radius 2 is 1.97 bits per heavy atom. The molecule has 2 aromatic carbocycles. The van der Waals surface area contributed by atoms with Gasteiger partial charge in [0, 0.05) is 47.0 Å². The summed E-state index contributed by atoms with van der Waals surface area (Å²) in [6.45, 7) is 6.42. The summed E-state index contributed by atoms with van der Waals surface area (Å²) in [4.78, 5) is 2.45. The Balaban J connectivity index is 0.00000240. The number of rotatable bonds is 6. The fourth-order valence-corrected chi connectivity index (χ4v) is 4.39. The van der Waals surface area contributed by atoms with Crippen molar-refractivity contribution < 1.29 is 4.74 Å². The van der Waals surface area contributed by atoms with Gasteiger partial charge in [-0.2, -0.15) is 0 Å². The van der Waals surface area contributed by atoms with Crippen LogP contribution in [0.15, 0.2) is 48.7 Å². The average molecular weight is 523 g/mol. The van der Waals surface area contributed by atoms with Crippen molar-refractivity contribution in [2.75, 3.05) is 13.7 Å². The monoisotopic (exact) mass is 522 g/mol. The quantitative estimate of drug-likeness (QED) is 0.321. The summed E-state index contributed by atoms with van der Waals surface area (Å²) >= 11 is 6.25. The van der Waals surface area contributed by atoms with Gasteiger partial charge in [-0.05, 0) is 49.2 Å². The van der Waals surface area contributed by atoms with E-state index in [9.17, 15) is 0 Å². The summed E-state index contributed by atoms with van der Waals surface area (Å²) in [5, 5.41) is 2.05. The van der Waals surface area contributed by atoms with Crippen LogP contribution in [0.2, 0.25) is 5.02 Å². The number of halogens is 2. The molecule has 2 heterocycles. The molecule has 0 aliphatic carbocycles. The van der Waals surface area contributed by atoms with E-state index in [1.54, 1.807) is 7.11 Å². The van der Waals surface area contributed by atoms with E-state index in [0.29, 0.717) is 6.04 Å². The van der Waals surface area contributed by atoms with Crippen LogP contribution < -0.4 is 4.74 Å². The molecule has 0 saturated carbocycles. The second kappa shape index (κ2) is 9.43. The number of hydrogen-bond acceptors (Lipinski definition) is 2. The van der Waals surface area contributed by atoms with Gasteiger partial charge in [0.2, 0.25) is 0 Å². The maximum absolute atomic E-state index is 6.25. The molecule has 0 saturated heterocycles. The van der Waals surface area contributed by atoms with E-state index >= 15 is 0 Å². The van der Waals surface area contributed by atoms with Gasteiger partial charge in [0.15, 0.2) is 0 Å². The Kier molecular flexibility index (Phi) is 7.17. The van der Waals surface area contributed by atoms with E-state index in [4.69, 9.17) is 16.3 Å². The summed E-state index contributed by atoms with van der Waals surface area (Å²) in [6, 6.07) is 14.8. The van der Waals surface area contributed by atoms with Crippen LogP contribution in [0, 0.1) is 0 Å². The highest BCUT2D eigenvalue weighted by Crippen LogP contribution is 2.39. The SMILES string of the molecule is CCCCN1C=Cc2c(n(Cc3cccc(Cl)c3)c3cc(OC)ccc23)C1C.I.